The Labute approximate surface area is 121 Å². The predicted octanol–water partition coefficient (Wildman–Crippen LogP) is 2.41. The second kappa shape index (κ2) is 5.93. The van der Waals surface area contributed by atoms with Crippen LogP contribution in [0.1, 0.15) is 32.3 Å². The minimum absolute atomic E-state index is 0. The zero-order chi connectivity index (χ0) is 13.3. The number of hydrogen-bond donors (Lipinski definition) is 1. The maximum atomic E-state index is 12.0. The molecule has 106 valence electrons. The van der Waals surface area contributed by atoms with Gasteiger partial charge in [0, 0.05) is 19.0 Å². The van der Waals surface area contributed by atoms with Gasteiger partial charge in [-0.3, -0.25) is 4.79 Å². The first kappa shape index (κ1) is 16.0. The number of halogens is 1. The number of hydrogen-bond acceptors (Lipinski definition) is 2. The molecule has 2 atom stereocenters. The van der Waals surface area contributed by atoms with E-state index in [1.54, 1.807) is 6.92 Å². The fourth-order valence-electron chi connectivity index (χ4n) is 2.83. The minimum atomic E-state index is -0.407. The van der Waals surface area contributed by atoms with Crippen molar-refractivity contribution in [2.45, 2.75) is 32.7 Å². The highest BCUT2D eigenvalue weighted by atomic mass is 35.5. The van der Waals surface area contributed by atoms with Gasteiger partial charge < -0.3 is 10.6 Å². The van der Waals surface area contributed by atoms with Gasteiger partial charge in [0.1, 0.15) is 0 Å². The molecule has 1 unspecified atom stereocenters. The van der Waals surface area contributed by atoms with Crippen LogP contribution in [0.5, 0.6) is 0 Å². The van der Waals surface area contributed by atoms with Crippen molar-refractivity contribution in [2.24, 2.45) is 11.1 Å². The molecule has 0 aromatic heterocycles. The lowest BCUT2D eigenvalue weighted by Crippen LogP contribution is -2.41. The van der Waals surface area contributed by atoms with Gasteiger partial charge in [0.2, 0.25) is 5.91 Å². The maximum absolute atomic E-state index is 12.0. The zero-order valence-corrected chi connectivity index (χ0v) is 12.6. The van der Waals surface area contributed by atoms with Gasteiger partial charge in [-0.2, -0.15) is 0 Å². The normalized spacial score (nSPS) is 22.7. The van der Waals surface area contributed by atoms with Gasteiger partial charge in [0.15, 0.2) is 0 Å². The van der Waals surface area contributed by atoms with Gasteiger partial charge in [-0.25, -0.2) is 0 Å². The number of likely N-dealkylation sites (tertiary alicyclic amines) is 1. The number of carbonyl (C=O) groups is 1. The van der Waals surface area contributed by atoms with Crippen molar-refractivity contribution in [1.29, 1.82) is 0 Å². The summed E-state index contributed by atoms with van der Waals surface area (Å²) in [7, 11) is 0. The molecule has 1 saturated heterocycles. The van der Waals surface area contributed by atoms with Crippen molar-refractivity contribution < 1.29 is 4.79 Å². The number of nitrogens with two attached hydrogens (primary N) is 1. The molecule has 2 rings (SSSR count). The highest BCUT2D eigenvalue weighted by Gasteiger charge is 2.42. The van der Waals surface area contributed by atoms with Crippen LogP contribution >= 0.6 is 12.4 Å². The molecule has 3 nitrogen and oxygen atoms in total. The molecular formula is C15H23ClN2O. The Morgan fingerprint density at radius 1 is 1.37 bits per heavy atom. The Bertz CT molecular complexity index is 431. The van der Waals surface area contributed by atoms with Crippen molar-refractivity contribution in [3.05, 3.63) is 35.9 Å². The largest absolute Gasteiger partial charge is 0.340 e. The Hall–Kier alpha value is -1.06. The van der Waals surface area contributed by atoms with Crippen molar-refractivity contribution in [3.63, 3.8) is 0 Å². The van der Waals surface area contributed by atoms with Gasteiger partial charge in [0.05, 0.1) is 6.04 Å². The third-order valence-corrected chi connectivity index (χ3v) is 3.85. The summed E-state index contributed by atoms with van der Waals surface area (Å²) in [4.78, 5) is 13.9. The lowest BCUT2D eigenvalue weighted by Gasteiger charge is -2.25. The van der Waals surface area contributed by atoms with Crippen LogP contribution < -0.4 is 5.73 Å². The fourth-order valence-corrected chi connectivity index (χ4v) is 2.83. The van der Waals surface area contributed by atoms with E-state index in [2.05, 4.69) is 38.1 Å². The second-order valence-electron chi connectivity index (χ2n) is 5.96. The average molecular weight is 283 g/mol. The molecule has 0 radical (unpaired) electrons. The van der Waals surface area contributed by atoms with Crippen molar-refractivity contribution in [2.75, 3.05) is 13.1 Å². The van der Waals surface area contributed by atoms with Crippen LogP contribution in [-0.2, 0) is 4.79 Å². The molecule has 1 aliphatic heterocycles. The van der Waals surface area contributed by atoms with Crippen LogP contribution in [-0.4, -0.2) is 29.9 Å². The molecule has 0 spiro atoms. The molecule has 2 N–H and O–H groups in total. The molecule has 1 amide bonds. The van der Waals surface area contributed by atoms with E-state index < -0.39 is 6.04 Å². The quantitative estimate of drug-likeness (QED) is 0.905. The Morgan fingerprint density at radius 2 is 1.95 bits per heavy atom. The van der Waals surface area contributed by atoms with E-state index >= 15 is 0 Å². The van der Waals surface area contributed by atoms with Crippen molar-refractivity contribution >= 4 is 18.3 Å². The van der Waals surface area contributed by atoms with Crippen molar-refractivity contribution in [1.82, 2.24) is 4.90 Å². The lowest BCUT2D eigenvalue weighted by molar-refractivity contribution is -0.131. The Kier molecular flexibility index (Phi) is 4.99. The SMILES string of the molecule is C[C@@H](N)C(=O)N1CC(c2ccccc2)C(C)(C)C1.Cl. The minimum Gasteiger partial charge on any atom is -0.340 e. The van der Waals surface area contributed by atoms with Crippen LogP contribution in [0.25, 0.3) is 0 Å². The summed E-state index contributed by atoms with van der Waals surface area (Å²) < 4.78 is 0. The molecule has 0 bridgehead atoms. The summed E-state index contributed by atoms with van der Waals surface area (Å²) in [5, 5.41) is 0. The maximum Gasteiger partial charge on any atom is 0.239 e. The standard InChI is InChI=1S/C15H22N2O.ClH/c1-11(16)14(18)17-9-13(15(2,3)10-17)12-7-5-4-6-8-12;/h4-8,11,13H,9-10,16H2,1-3H3;1H/t11-,13?;/m1./s1. The molecule has 0 saturated carbocycles. The van der Waals surface area contributed by atoms with Crippen LogP contribution in [0.15, 0.2) is 30.3 Å². The van der Waals surface area contributed by atoms with Gasteiger partial charge in [-0.15, -0.1) is 12.4 Å². The van der Waals surface area contributed by atoms with E-state index in [1.165, 1.54) is 5.56 Å². The fraction of sp³-hybridized carbons (Fsp3) is 0.533. The van der Waals surface area contributed by atoms with Crippen molar-refractivity contribution in [3.8, 4) is 0 Å². The monoisotopic (exact) mass is 282 g/mol. The summed E-state index contributed by atoms with van der Waals surface area (Å²) in [6.07, 6.45) is 0. The Balaban J connectivity index is 0.00000180. The molecule has 1 fully saturated rings. The van der Waals surface area contributed by atoms with E-state index in [4.69, 9.17) is 5.73 Å². The average Bonchev–Trinajstić information content (AvgIpc) is 2.65. The number of rotatable bonds is 2. The van der Waals surface area contributed by atoms with E-state index in [0.717, 1.165) is 13.1 Å². The first-order chi connectivity index (χ1) is 8.42. The predicted molar refractivity (Wildman–Crippen MR) is 80.4 cm³/mol. The number of benzene rings is 1. The number of nitrogens with zero attached hydrogens (tertiary/aromatic N) is 1. The smallest absolute Gasteiger partial charge is 0.239 e. The number of amides is 1. The molecule has 1 aromatic carbocycles. The van der Waals surface area contributed by atoms with E-state index in [0.29, 0.717) is 5.92 Å². The Morgan fingerprint density at radius 3 is 2.47 bits per heavy atom. The highest BCUT2D eigenvalue weighted by molar-refractivity contribution is 5.85. The molecule has 1 heterocycles. The van der Waals surface area contributed by atoms with Gasteiger partial charge in [-0.1, -0.05) is 44.2 Å². The second-order valence-corrected chi connectivity index (χ2v) is 5.96. The molecule has 4 heteroatoms. The first-order valence-electron chi connectivity index (χ1n) is 6.51. The molecule has 1 aliphatic rings. The highest BCUT2D eigenvalue weighted by Crippen LogP contribution is 2.42. The molecule has 0 aliphatic carbocycles. The lowest BCUT2D eigenvalue weighted by atomic mass is 9.78. The summed E-state index contributed by atoms with van der Waals surface area (Å²) in [5.41, 5.74) is 7.11. The summed E-state index contributed by atoms with van der Waals surface area (Å²) in [5.74, 6) is 0.447. The summed E-state index contributed by atoms with van der Waals surface area (Å²) >= 11 is 0. The van der Waals surface area contributed by atoms with Crippen LogP contribution in [0, 0.1) is 5.41 Å². The van der Waals surface area contributed by atoms with Crippen LogP contribution in [0.3, 0.4) is 0 Å². The zero-order valence-electron chi connectivity index (χ0n) is 11.8. The third kappa shape index (κ3) is 3.28. The van der Waals surface area contributed by atoms with E-state index in [9.17, 15) is 4.79 Å². The number of carbonyl (C=O) groups excluding carboxylic acids is 1. The third-order valence-electron chi connectivity index (χ3n) is 3.85. The topological polar surface area (TPSA) is 46.3 Å². The molecular weight excluding hydrogens is 260 g/mol. The van der Waals surface area contributed by atoms with Gasteiger partial charge >= 0.3 is 0 Å². The van der Waals surface area contributed by atoms with Gasteiger partial charge in [0.25, 0.3) is 0 Å². The first-order valence-corrected chi connectivity index (χ1v) is 6.51. The van der Waals surface area contributed by atoms with Crippen LogP contribution in [0.2, 0.25) is 0 Å². The van der Waals surface area contributed by atoms with Crippen LogP contribution in [0.4, 0.5) is 0 Å². The summed E-state index contributed by atoms with van der Waals surface area (Å²) in [6.45, 7) is 7.76. The summed E-state index contributed by atoms with van der Waals surface area (Å²) in [6, 6.07) is 10.0. The van der Waals surface area contributed by atoms with E-state index in [1.807, 2.05) is 11.0 Å². The molecule has 19 heavy (non-hydrogen) atoms. The van der Waals surface area contributed by atoms with E-state index in [-0.39, 0.29) is 23.7 Å². The molecule has 1 aromatic rings. The van der Waals surface area contributed by atoms with Gasteiger partial charge in [-0.05, 0) is 17.9 Å².